The Kier molecular flexibility index (Phi) is 2.86. The van der Waals surface area contributed by atoms with Crippen LogP contribution in [0.15, 0.2) is 0 Å². The summed E-state index contributed by atoms with van der Waals surface area (Å²) in [5.74, 6) is 0.378. The Morgan fingerprint density at radius 1 is 1.31 bits per heavy atom. The van der Waals surface area contributed by atoms with Crippen molar-refractivity contribution in [3.8, 4) is 0 Å². The van der Waals surface area contributed by atoms with E-state index in [2.05, 4.69) is 15.1 Å². The molecule has 2 atom stereocenters. The van der Waals surface area contributed by atoms with E-state index in [1.165, 1.54) is 25.9 Å². The van der Waals surface area contributed by atoms with Crippen molar-refractivity contribution in [2.45, 2.75) is 37.8 Å². The van der Waals surface area contributed by atoms with Crippen LogP contribution in [0.4, 0.5) is 0 Å². The zero-order chi connectivity index (χ0) is 11.0. The van der Waals surface area contributed by atoms with E-state index in [-0.39, 0.29) is 0 Å². The molecule has 0 spiro atoms. The fourth-order valence-electron chi connectivity index (χ4n) is 3.32. The molecule has 3 aliphatic heterocycles. The van der Waals surface area contributed by atoms with Crippen molar-refractivity contribution < 1.29 is 4.79 Å². The first-order chi connectivity index (χ1) is 7.83. The number of carbonyl (C=O) groups is 1. The van der Waals surface area contributed by atoms with Gasteiger partial charge in [-0.25, -0.2) is 0 Å². The molecule has 0 aromatic rings. The molecule has 90 valence electrons. The Morgan fingerprint density at radius 3 is 3.06 bits per heavy atom. The Bertz CT molecular complexity index is 275. The second-order valence-electron chi connectivity index (χ2n) is 5.33. The second kappa shape index (κ2) is 4.34. The van der Waals surface area contributed by atoms with Crippen LogP contribution in [0, 0.1) is 0 Å². The van der Waals surface area contributed by atoms with Gasteiger partial charge in [0.25, 0.3) is 0 Å². The zero-order valence-electron chi connectivity index (χ0n) is 9.82. The predicted molar refractivity (Wildman–Crippen MR) is 62.2 cm³/mol. The lowest BCUT2D eigenvalue weighted by Crippen LogP contribution is -2.53. The molecule has 0 radical (unpaired) electrons. The number of rotatable bonds is 2. The van der Waals surface area contributed by atoms with E-state index in [1.807, 2.05) is 0 Å². The molecule has 3 saturated heterocycles. The van der Waals surface area contributed by atoms with Crippen LogP contribution in [0.5, 0.6) is 0 Å². The van der Waals surface area contributed by atoms with Gasteiger partial charge in [0.15, 0.2) is 0 Å². The molecule has 1 amide bonds. The lowest BCUT2D eigenvalue weighted by molar-refractivity contribution is -0.130. The SMILES string of the molecule is O=C1CCC2CN(C[C@@H]3CCCN3)CCN12. The van der Waals surface area contributed by atoms with Crippen molar-refractivity contribution in [1.29, 1.82) is 0 Å². The second-order valence-corrected chi connectivity index (χ2v) is 5.33. The molecular weight excluding hydrogens is 202 g/mol. The van der Waals surface area contributed by atoms with E-state index in [9.17, 15) is 4.79 Å². The average molecular weight is 223 g/mol. The fourth-order valence-corrected chi connectivity index (χ4v) is 3.32. The van der Waals surface area contributed by atoms with Gasteiger partial charge in [-0.05, 0) is 25.8 Å². The quantitative estimate of drug-likeness (QED) is 0.718. The van der Waals surface area contributed by atoms with Crippen LogP contribution in [-0.4, -0.2) is 60.5 Å². The minimum atomic E-state index is 0.378. The van der Waals surface area contributed by atoms with E-state index in [4.69, 9.17) is 0 Å². The summed E-state index contributed by atoms with van der Waals surface area (Å²) < 4.78 is 0. The number of nitrogens with one attached hydrogen (secondary N) is 1. The number of fused-ring (bicyclic) bond motifs is 1. The van der Waals surface area contributed by atoms with Gasteiger partial charge in [-0.1, -0.05) is 0 Å². The number of amides is 1. The van der Waals surface area contributed by atoms with Gasteiger partial charge in [0.05, 0.1) is 0 Å². The molecule has 3 fully saturated rings. The number of carbonyl (C=O) groups excluding carboxylic acids is 1. The van der Waals surface area contributed by atoms with E-state index >= 15 is 0 Å². The molecule has 0 saturated carbocycles. The highest BCUT2D eigenvalue weighted by Crippen LogP contribution is 2.23. The maximum Gasteiger partial charge on any atom is 0.222 e. The lowest BCUT2D eigenvalue weighted by atomic mass is 10.1. The van der Waals surface area contributed by atoms with Gasteiger partial charge in [0, 0.05) is 44.7 Å². The van der Waals surface area contributed by atoms with E-state index < -0.39 is 0 Å². The van der Waals surface area contributed by atoms with Crippen LogP contribution in [0.3, 0.4) is 0 Å². The van der Waals surface area contributed by atoms with Crippen molar-refractivity contribution in [3.63, 3.8) is 0 Å². The highest BCUT2D eigenvalue weighted by Gasteiger charge is 2.35. The Morgan fingerprint density at radius 2 is 2.25 bits per heavy atom. The van der Waals surface area contributed by atoms with Gasteiger partial charge < -0.3 is 10.2 Å². The molecule has 1 N–H and O–H groups in total. The van der Waals surface area contributed by atoms with Gasteiger partial charge in [-0.3, -0.25) is 9.69 Å². The maximum atomic E-state index is 11.6. The molecule has 1 unspecified atom stereocenters. The number of nitrogens with zero attached hydrogens (tertiary/aromatic N) is 2. The summed E-state index contributed by atoms with van der Waals surface area (Å²) in [6, 6.07) is 1.21. The third-order valence-electron chi connectivity index (χ3n) is 4.22. The summed E-state index contributed by atoms with van der Waals surface area (Å²) in [5, 5.41) is 3.55. The molecule has 0 aromatic carbocycles. The molecule has 0 aliphatic carbocycles. The average Bonchev–Trinajstić information content (AvgIpc) is 2.90. The van der Waals surface area contributed by atoms with Crippen LogP contribution in [0.2, 0.25) is 0 Å². The van der Waals surface area contributed by atoms with Crippen molar-refractivity contribution in [2.24, 2.45) is 0 Å². The van der Waals surface area contributed by atoms with Crippen molar-refractivity contribution in [3.05, 3.63) is 0 Å². The van der Waals surface area contributed by atoms with Crippen LogP contribution >= 0.6 is 0 Å². The van der Waals surface area contributed by atoms with Crippen LogP contribution < -0.4 is 5.32 Å². The Labute approximate surface area is 97.0 Å². The molecule has 0 aromatic heterocycles. The van der Waals surface area contributed by atoms with Gasteiger partial charge in [-0.15, -0.1) is 0 Å². The first-order valence-electron chi connectivity index (χ1n) is 6.58. The summed E-state index contributed by atoms with van der Waals surface area (Å²) in [6.07, 6.45) is 4.50. The predicted octanol–water partition coefficient (Wildman–Crippen LogP) is 0.0450. The molecule has 4 nitrogen and oxygen atoms in total. The molecule has 3 aliphatic rings. The number of hydrogen-bond donors (Lipinski definition) is 1. The summed E-state index contributed by atoms with van der Waals surface area (Å²) >= 11 is 0. The van der Waals surface area contributed by atoms with Crippen LogP contribution in [0.1, 0.15) is 25.7 Å². The summed E-state index contributed by atoms with van der Waals surface area (Å²) in [7, 11) is 0. The topological polar surface area (TPSA) is 35.6 Å². The molecule has 3 heterocycles. The normalized spacial score (nSPS) is 35.8. The zero-order valence-corrected chi connectivity index (χ0v) is 9.82. The third kappa shape index (κ3) is 1.96. The summed E-state index contributed by atoms with van der Waals surface area (Å²) in [5.41, 5.74) is 0. The largest absolute Gasteiger partial charge is 0.337 e. The molecule has 3 rings (SSSR count). The van der Waals surface area contributed by atoms with Gasteiger partial charge >= 0.3 is 0 Å². The minimum absolute atomic E-state index is 0.378. The highest BCUT2D eigenvalue weighted by molar-refractivity contribution is 5.78. The van der Waals surface area contributed by atoms with E-state index in [0.29, 0.717) is 18.0 Å². The smallest absolute Gasteiger partial charge is 0.222 e. The lowest BCUT2D eigenvalue weighted by Gasteiger charge is -2.38. The summed E-state index contributed by atoms with van der Waals surface area (Å²) in [4.78, 5) is 16.2. The van der Waals surface area contributed by atoms with Crippen molar-refractivity contribution >= 4 is 5.91 Å². The van der Waals surface area contributed by atoms with E-state index in [0.717, 1.165) is 32.5 Å². The van der Waals surface area contributed by atoms with Gasteiger partial charge in [-0.2, -0.15) is 0 Å². The Hall–Kier alpha value is -0.610. The maximum absolute atomic E-state index is 11.6. The minimum Gasteiger partial charge on any atom is -0.337 e. The highest BCUT2D eigenvalue weighted by atomic mass is 16.2. The standard InChI is InChI=1S/C12H21N3O/c16-12-4-3-11-9-14(6-7-15(11)12)8-10-2-1-5-13-10/h10-11,13H,1-9H2/t10-,11?/m0/s1. The molecular formula is C12H21N3O. The van der Waals surface area contributed by atoms with Crippen molar-refractivity contribution in [1.82, 2.24) is 15.1 Å². The number of hydrogen-bond acceptors (Lipinski definition) is 3. The monoisotopic (exact) mass is 223 g/mol. The fraction of sp³-hybridized carbons (Fsp3) is 0.917. The molecule has 4 heteroatoms. The number of piperazine rings is 1. The van der Waals surface area contributed by atoms with E-state index in [1.54, 1.807) is 0 Å². The first-order valence-corrected chi connectivity index (χ1v) is 6.58. The molecule has 16 heavy (non-hydrogen) atoms. The first kappa shape index (κ1) is 10.5. The van der Waals surface area contributed by atoms with Crippen molar-refractivity contribution in [2.75, 3.05) is 32.7 Å². The third-order valence-corrected chi connectivity index (χ3v) is 4.22. The summed E-state index contributed by atoms with van der Waals surface area (Å²) in [6.45, 7) is 5.49. The van der Waals surface area contributed by atoms with Crippen LogP contribution in [-0.2, 0) is 4.79 Å². The van der Waals surface area contributed by atoms with Gasteiger partial charge in [0.1, 0.15) is 0 Å². The molecule has 0 bridgehead atoms. The van der Waals surface area contributed by atoms with Gasteiger partial charge in [0.2, 0.25) is 5.91 Å². The van der Waals surface area contributed by atoms with Crippen LogP contribution in [0.25, 0.3) is 0 Å². The Balaban J connectivity index is 1.53.